The van der Waals surface area contributed by atoms with Gasteiger partial charge in [-0.2, -0.15) is 0 Å². The van der Waals surface area contributed by atoms with Gasteiger partial charge < -0.3 is 80.1 Å². The first-order valence-corrected chi connectivity index (χ1v) is 35.3. The number of aliphatic hydroxyl groups excluding tert-OH is 1. The van der Waals surface area contributed by atoms with Crippen LogP contribution in [-0.2, 0) is 53.1 Å². The van der Waals surface area contributed by atoms with Crippen LogP contribution in [0.4, 0.5) is 27.5 Å². The second kappa shape index (κ2) is 32.3. The molecule has 7 aromatic carbocycles. The summed E-state index contributed by atoms with van der Waals surface area (Å²) in [5.74, 6) is 4.47. The summed E-state index contributed by atoms with van der Waals surface area (Å²) in [4.78, 5) is 129. The molecule has 1 aliphatic carbocycles. The van der Waals surface area contributed by atoms with Gasteiger partial charge in [-0.3, -0.25) is 38.4 Å². The Morgan fingerprint density at radius 3 is 2.04 bits per heavy atom. The lowest BCUT2D eigenvalue weighted by molar-refractivity contribution is -0.130. The first kappa shape index (κ1) is 72.3. The maximum atomic E-state index is 14.5. The molecule has 5 heterocycles. The molecule has 3 fully saturated rings. The monoisotopic (exact) mass is 1440 g/mol. The van der Waals surface area contributed by atoms with E-state index in [2.05, 4.69) is 55.9 Å². The minimum Gasteiger partial charge on any atom is -0.497 e. The molecular formula is C80H82N10O16. The number of hydrogen-bond acceptors (Lipinski definition) is 17. The minimum atomic E-state index is -1.50. The maximum absolute atomic E-state index is 14.5. The summed E-state index contributed by atoms with van der Waals surface area (Å²) >= 11 is 0. The molecular weight excluding hydrogens is 1360 g/mol. The lowest BCUT2D eigenvalue weighted by Crippen LogP contribution is -2.52. The van der Waals surface area contributed by atoms with Crippen molar-refractivity contribution < 1.29 is 76.7 Å². The number of anilines is 4. The Morgan fingerprint density at radius 1 is 0.642 bits per heavy atom. The van der Waals surface area contributed by atoms with Gasteiger partial charge in [-0.25, -0.2) is 9.69 Å². The third kappa shape index (κ3) is 16.6. The number of fused-ring (bicyclic) bond motifs is 6. The molecule has 106 heavy (non-hydrogen) atoms. The molecule has 7 N–H and O–H groups in total. The zero-order chi connectivity index (χ0) is 74.0. The van der Waals surface area contributed by atoms with Crippen molar-refractivity contribution in [3.05, 3.63) is 196 Å². The molecule has 5 atom stereocenters. The van der Waals surface area contributed by atoms with Gasteiger partial charge in [0.05, 0.1) is 95.0 Å². The van der Waals surface area contributed by atoms with Gasteiger partial charge in [0.15, 0.2) is 29.2 Å². The molecule has 13 rings (SSSR count). The average Bonchev–Trinajstić information content (AvgIpc) is 1.56. The standard InChI is InChI=1S/C80H82N10O16/c1-101-58-26-22-52(23-27-58)55-35-57-41-81-61-38-68(66(102-2)36-59(61)76(97)87(57)46-55)104-32-11-33-105-69-39-64-60(37-67(69)103-3)77(98)89-48-80(30-31-80)40-65(89)78(99)90(64)79(100)106-47-50-18-24-56(25-19-50)85-72(93)44-84-75(96)62(34-49-12-5-4-6-13-49)86-73(94)43-83-71(92)42-82-70(91)28-29-74(95)88-45-54-16-8-7-14-51(54)20-21-53-15-9-10-17-63(53)88/h4-10,12-19,22-27,36-39,55,57,62,65,78,81,99H,11,28-35,40-48H2,1-3H3,(H,82,91)(H,83,92)(H,84,96)(H,85,93)(H,86,94)/t55?,57?,62-,65?,78?/m0/s1. The number of methoxy groups -OCH3 is 3. The predicted molar refractivity (Wildman–Crippen MR) is 391 cm³/mol. The zero-order valence-electron chi connectivity index (χ0n) is 58.9. The first-order valence-electron chi connectivity index (χ1n) is 35.3. The SMILES string of the molecule is COc1ccc(C2CC3CNc4cc(OCCCOc5cc6c(cc5OC)C(=O)N5CC7(CC7)CC5C(O)N6C(=O)OCc5ccc(NC(=O)CNC(=O)[C@H](Cc6ccccc6)NC(=O)CNC(=O)CNC(=O)CCC(=O)N6Cc7ccccc7C#Cc7ccccc76)cc5)c(OC)cc4C(=O)N3C2)cc1. The van der Waals surface area contributed by atoms with Crippen LogP contribution in [0, 0.1) is 17.3 Å². The molecule has 26 nitrogen and oxygen atoms in total. The van der Waals surface area contributed by atoms with Crippen molar-refractivity contribution in [3.63, 3.8) is 0 Å². The summed E-state index contributed by atoms with van der Waals surface area (Å²) < 4.78 is 35.3. The highest BCUT2D eigenvalue weighted by molar-refractivity contribution is 6.06. The predicted octanol–water partition coefficient (Wildman–Crippen LogP) is 7.20. The molecule has 0 radical (unpaired) electrons. The Kier molecular flexibility index (Phi) is 22.0. The van der Waals surface area contributed by atoms with Gasteiger partial charge in [-0.05, 0) is 108 Å². The third-order valence-corrected chi connectivity index (χ3v) is 20.1. The summed E-state index contributed by atoms with van der Waals surface area (Å²) in [6.45, 7) is 0.281. The van der Waals surface area contributed by atoms with Crippen molar-refractivity contribution in [2.24, 2.45) is 5.41 Å². The van der Waals surface area contributed by atoms with Crippen LogP contribution in [0.2, 0.25) is 0 Å². The Bertz CT molecular complexity index is 4580. The summed E-state index contributed by atoms with van der Waals surface area (Å²) in [5, 5.41) is 28.6. The molecule has 7 aromatic rings. The van der Waals surface area contributed by atoms with Crippen LogP contribution < -0.4 is 65.4 Å². The number of aliphatic hydroxyl groups is 1. The van der Waals surface area contributed by atoms with Crippen LogP contribution in [0.1, 0.15) is 105 Å². The number of nitrogens with zero attached hydrogens (tertiary/aromatic N) is 4. The van der Waals surface area contributed by atoms with Gasteiger partial charge in [0.2, 0.25) is 35.4 Å². The van der Waals surface area contributed by atoms with Gasteiger partial charge in [-0.1, -0.05) is 96.8 Å². The smallest absolute Gasteiger partial charge is 0.416 e. The quantitative estimate of drug-likeness (QED) is 0.0208. The van der Waals surface area contributed by atoms with E-state index in [1.165, 1.54) is 26.4 Å². The molecule has 1 spiro atoms. The number of amides is 9. The fourth-order valence-corrected chi connectivity index (χ4v) is 14.2. The maximum Gasteiger partial charge on any atom is 0.416 e. The van der Waals surface area contributed by atoms with E-state index in [0.29, 0.717) is 83.3 Å². The lowest BCUT2D eigenvalue weighted by Gasteiger charge is -2.31. The molecule has 1 saturated carbocycles. The van der Waals surface area contributed by atoms with Gasteiger partial charge >= 0.3 is 6.09 Å². The van der Waals surface area contributed by atoms with E-state index in [4.69, 9.17) is 28.4 Å². The van der Waals surface area contributed by atoms with Gasteiger partial charge in [-0.15, -0.1) is 0 Å². The second-order valence-electron chi connectivity index (χ2n) is 27.1. The van der Waals surface area contributed by atoms with Crippen molar-refractivity contribution in [2.45, 2.75) is 94.8 Å². The fourth-order valence-electron chi connectivity index (χ4n) is 14.2. The Hall–Kier alpha value is -12.1. The lowest BCUT2D eigenvalue weighted by atomic mass is 9.96. The Labute approximate surface area is 612 Å². The van der Waals surface area contributed by atoms with E-state index in [-0.39, 0.29) is 103 Å². The molecule has 4 unspecified atom stereocenters. The van der Waals surface area contributed by atoms with Crippen LogP contribution in [0.5, 0.6) is 28.7 Å². The van der Waals surface area contributed by atoms with Gasteiger partial charge in [0.1, 0.15) is 18.4 Å². The van der Waals surface area contributed by atoms with E-state index in [9.17, 15) is 48.3 Å². The van der Waals surface area contributed by atoms with E-state index in [1.807, 2.05) is 59.5 Å². The van der Waals surface area contributed by atoms with E-state index in [1.54, 1.807) is 89.7 Å². The Balaban J connectivity index is 0.579. The number of ether oxygens (including phenoxy) is 6. The number of carbonyl (C=O) groups excluding carboxylic acids is 9. The topological polar surface area (TPSA) is 314 Å². The summed E-state index contributed by atoms with van der Waals surface area (Å²) in [5.41, 5.74) is 6.79. The summed E-state index contributed by atoms with van der Waals surface area (Å²) in [6.07, 6.45) is 0.654. The number of rotatable bonds is 26. The molecule has 2 saturated heterocycles. The summed E-state index contributed by atoms with van der Waals surface area (Å²) in [6, 6.07) is 42.6. The summed E-state index contributed by atoms with van der Waals surface area (Å²) in [7, 11) is 4.59. The number of nitrogens with one attached hydrogen (secondary N) is 6. The number of carbonyl (C=O) groups is 9. The number of hydrogen-bond donors (Lipinski definition) is 7. The molecule has 0 aromatic heterocycles. The normalized spacial score (nSPS) is 17.8. The van der Waals surface area contributed by atoms with E-state index in [0.717, 1.165) is 46.6 Å². The second-order valence-corrected chi connectivity index (χ2v) is 27.1. The minimum absolute atomic E-state index is 0.0168. The average molecular weight is 1440 g/mol. The molecule has 0 bridgehead atoms. The van der Waals surface area contributed by atoms with E-state index < -0.39 is 73.6 Å². The molecule has 5 aliphatic heterocycles. The highest BCUT2D eigenvalue weighted by atomic mass is 16.6. The first-order chi connectivity index (χ1) is 51.4. The molecule has 6 aliphatic rings. The highest BCUT2D eigenvalue weighted by Gasteiger charge is 2.58. The van der Waals surface area contributed by atoms with Crippen LogP contribution in [0.15, 0.2) is 152 Å². The Morgan fingerprint density at radius 2 is 1.30 bits per heavy atom. The fraction of sp³-hybridized carbons (Fsp3) is 0.338. The van der Waals surface area contributed by atoms with Gasteiger partial charge in [0.25, 0.3) is 11.8 Å². The van der Waals surface area contributed by atoms with Crippen LogP contribution in [-0.4, -0.2) is 166 Å². The van der Waals surface area contributed by atoms with Crippen molar-refractivity contribution in [1.29, 1.82) is 0 Å². The third-order valence-electron chi connectivity index (χ3n) is 20.1. The zero-order valence-corrected chi connectivity index (χ0v) is 58.9. The van der Waals surface area contributed by atoms with Crippen molar-refractivity contribution in [3.8, 4) is 40.6 Å². The number of benzene rings is 7. The largest absolute Gasteiger partial charge is 0.497 e. The van der Waals surface area contributed by atoms with Crippen LogP contribution >= 0.6 is 0 Å². The van der Waals surface area contributed by atoms with Crippen molar-refractivity contribution in [1.82, 2.24) is 31.1 Å². The van der Waals surface area contributed by atoms with E-state index >= 15 is 0 Å². The molecule has 9 amide bonds. The van der Waals surface area contributed by atoms with Gasteiger partial charge in [0, 0.05) is 86.2 Å². The van der Waals surface area contributed by atoms with Crippen molar-refractivity contribution >= 4 is 76.1 Å². The molecule has 548 valence electrons. The highest BCUT2D eigenvalue weighted by Crippen LogP contribution is 2.57. The van der Waals surface area contributed by atoms with Crippen molar-refractivity contribution in [2.75, 3.05) is 94.2 Å². The number of para-hydroxylation sites is 1. The molecule has 26 heteroatoms. The van der Waals surface area contributed by atoms with Crippen LogP contribution in [0.25, 0.3) is 0 Å². The van der Waals surface area contributed by atoms with Crippen LogP contribution in [0.3, 0.4) is 0 Å².